The molecule has 1 aromatic carbocycles. The van der Waals surface area contributed by atoms with Crippen molar-refractivity contribution < 1.29 is 13.9 Å². The Morgan fingerprint density at radius 3 is 2.82 bits per heavy atom. The first-order valence-corrected chi connectivity index (χ1v) is 5.59. The summed E-state index contributed by atoms with van der Waals surface area (Å²) in [6, 6.07) is 4.74. The summed E-state index contributed by atoms with van der Waals surface area (Å²) in [4.78, 5) is 11.3. The summed E-state index contributed by atoms with van der Waals surface area (Å²) in [5.41, 5.74) is 0.443. The Morgan fingerprint density at radius 1 is 1.59 bits per heavy atom. The van der Waals surface area contributed by atoms with Gasteiger partial charge in [0.25, 0.3) is 0 Å². The van der Waals surface area contributed by atoms with E-state index in [1.807, 2.05) is 6.07 Å². The summed E-state index contributed by atoms with van der Waals surface area (Å²) in [7, 11) is 0. The van der Waals surface area contributed by atoms with E-state index in [9.17, 15) is 9.18 Å². The third-order valence-corrected chi connectivity index (χ3v) is 2.50. The van der Waals surface area contributed by atoms with Gasteiger partial charge in [-0.2, -0.15) is 5.26 Å². The van der Waals surface area contributed by atoms with Crippen molar-refractivity contribution in [2.24, 2.45) is 0 Å². The maximum atomic E-state index is 13.9. The number of benzene rings is 1. The van der Waals surface area contributed by atoms with E-state index < -0.39 is 11.8 Å². The number of carbonyl (C=O) groups excluding carboxylic acids is 1. The average Bonchev–Trinajstić information content (AvgIpc) is 2.32. The molecule has 3 nitrogen and oxygen atoms in total. The van der Waals surface area contributed by atoms with Gasteiger partial charge in [-0.1, -0.05) is 6.07 Å². The third-order valence-electron chi connectivity index (χ3n) is 2.21. The smallest absolute Gasteiger partial charge is 0.310 e. The van der Waals surface area contributed by atoms with Gasteiger partial charge >= 0.3 is 5.97 Å². The Kier molecular flexibility index (Phi) is 4.92. The highest BCUT2D eigenvalue weighted by Crippen LogP contribution is 2.20. The van der Waals surface area contributed by atoms with Crippen molar-refractivity contribution in [2.75, 3.05) is 6.61 Å². The van der Waals surface area contributed by atoms with E-state index in [1.165, 1.54) is 12.1 Å². The molecule has 17 heavy (non-hydrogen) atoms. The van der Waals surface area contributed by atoms with Crippen LogP contribution in [0.1, 0.15) is 23.6 Å². The molecule has 0 aromatic heterocycles. The fourth-order valence-corrected chi connectivity index (χ4v) is 1.61. The summed E-state index contributed by atoms with van der Waals surface area (Å²) in [5.74, 6) is -1.17. The minimum atomic E-state index is -0.605. The molecule has 1 aromatic rings. The molecule has 0 saturated heterocycles. The van der Waals surface area contributed by atoms with Crippen LogP contribution in [0.5, 0.6) is 0 Å². The van der Waals surface area contributed by atoms with Gasteiger partial charge in [0, 0.05) is 11.1 Å². The Labute approximate surface area is 104 Å². The number of nitrogens with zero attached hydrogens (tertiary/aromatic N) is 1. The molecule has 1 rings (SSSR count). The maximum absolute atomic E-state index is 13.9. The number of esters is 1. The van der Waals surface area contributed by atoms with Gasteiger partial charge < -0.3 is 4.74 Å². The SMILES string of the molecule is CCOC(=O)Cc1c(C#N)ccc(CCl)c1F. The van der Waals surface area contributed by atoms with E-state index in [0.29, 0.717) is 0 Å². The number of hydrogen-bond donors (Lipinski definition) is 0. The highest BCUT2D eigenvalue weighted by Gasteiger charge is 2.16. The lowest BCUT2D eigenvalue weighted by Crippen LogP contribution is -2.11. The molecule has 0 bridgehead atoms. The van der Waals surface area contributed by atoms with Crippen molar-refractivity contribution >= 4 is 17.6 Å². The summed E-state index contributed by atoms with van der Waals surface area (Å²) >= 11 is 5.56. The minimum Gasteiger partial charge on any atom is -0.466 e. The van der Waals surface area contributed by atoms with Gasteiger partial charge in [-0.25, -0.2) is 4.39 Å². The molecule has 0 aliphatic carbocycles. The van der Waals surface area contributed by atoms with Crippen LogP contribution in [0.4, 0.5) is 4.39 Å². The fraction of sp³-hybridized carbons (Fsp3) is 0.333. The zero-order valence-electron chi connectivity index (χ0n) is 9.30. The van der Waals surface area contributed by atoms with Gasteiger partial charge in [0.15, 0.2) is 0 Å². The Bertz CT molecular complexity index is 468. The van der Waals surface area contributed by atoms with E-state index >= 15 is 0 Å². The monoisotopic (exact) mass is 255 g/mol. The molecule has 0 N–H and O–H groups in total. The molecule has 0 heterocycles. The maximum Gasteiger partial charge on any atom is 0.310 e. The number of nitriles is 1. The second-order valence-electron chi connectivity index (χ2n) is 3.29. The van der Waals surface area contributed by atoms with Gasteiger partial charge in [0.2, 0.25) is 0 Å². The second-order valence-corrected chi connectivity index (χ2v) is 3.56. The average molecular weight is 256 g/mol. The summed E-state index contributed by atoms with van der Waals surface area (Å²) in [5, 5.41) is 8.85. The van der Waals surface area contributed by atoms with E-state index in [-0.39, 0.29) is 35.6 Å². The van der Waals surface area contributed by atoms with Gasteiger partial charge in [-0.15, -0.1) is 11.6 Å². The minimum absolute atomic E-state index is 0.00658. The van der Waals surface area contributed by atoms with Gasteiger partial charge in [0.05, 0.1) is 30.5 Å². The fourth-order valence-electron chi connectivity index (χ4n) is 1.41. The van der Waals surface area contributed by atoms with E-state index in [0.717, 1.165) is 0 Å². The first kappa shape index (κ1) is 13.5. The number of alkyl halides is 1. The summed E-state index contributed by atoms with van der Waals surface area (Å²) in [6.45, 7) is 1.88. The normalized spacial score (nSPS) is 9.76. The number of rotatable bonds is 4. The largest absolute Gasteiger partial charge is 0.466 e. The molecule has 0 spiro atoms. The van der Waals surface area contributed by atoms with Crippen molar-refractivity contribution in [3.63, 3.8) is 0 Å². The van der Waals surface area contributed by atoms with Gasteiger partial charge in [0.1, 0.15) is 5.82 Å². The quantitative estimate of drug-likeness (QED) is 0.614. The van der Waals surface area contributed by atoms with Crippen LogP contribution in [0.2, 0.25) is 0 Å². The van der Waals surface area contributed by atoms with Crippen LogP contribution in [-0.2, 0) is 21.8 Å². The predicted molar refractivity (Wildman–Crippen MR) is 61.0 cm³/mol. The van der Waals surface area contributed by atoms with Crippen molar-refractivity contribution in [1.82, 2.24) is 0 Å². The van der Waals surface area contributed by atoms with Crippen LogP contribution in [-0.4, -0.2) is 12.6 Å². The van der Waals surface area contributed by atoms with Crippen LogP contribution in [0.25, 0.3) is 0 Å². The molecule has 90 valence electrons. The number of hydrogen-bond acceptors (Lipinski definition) is 3. The number of carbonyl (C=O) groups is 1. The Balaban J connectivity index is 3.11. The number of ether oxygens (including phenoxy) is 1. The Hall–Kier alpha value is -1.60. The van der Waals surface area contributed by atoms with Crippen LogP contribution < -0.4 is 0 Å². The lowest BCUT2D eigenvalue weighted by Gasteiger charge is -2.08. The van der Waals surface area contributed by atoms with Crippen LogP contribution in [0.15, 0.2) is 12.1 Å². The molecule has 0 radical (unpaired) electrons. The topological polar surface area (TPSA) is 50.1 Å². The van der Waals surface area contributed by atoms with Gasteiger partial charge in [-0.3, -0.25) is 4.79 Å². The summed E-state index contributed by atoms with van der Waals surface area (Å²) in [6.07, 6.45) is -0.257. The van der Waals surface area contributed by atoms with Crippen LogP contribution >= 0.6 is 11.6 Å². The molecular formula is C12H11ClFNO2. The van der Waals surface area contributed by atoms with Gasteiger partial charge in [-0.05, 0) is 13.0 Å². The molecular weight excluding hydrogens is 245 g/mol. The highest BCUT2D eigenvalue weighted by molar-refractivity contribution is 6.17. The molecule has 0 unspecified atom stereocenters. The van der Waals surface area contributed by atoms with Crippen LogP contribution in [0, 0.1) is 17.1 Å². The van der Waals surface area contributed by atoms with E-state index in [2.05, 4.69) is 0 Å². The molecule has 0 aliphatic heterocycles. The van der Waals surface area contributed by atoms with Crippen molar-refractivity contribution in [3.8, 4) is 6.07 Å². The second kappa shape index (κ2) is 6.21. The number of halogens is 2. The predicted octanol–water partition coefficient (Wildman–Crippen LogP) is 2.54. The molecule has 0 aliphatic rings. The molecule has 0 fully saturated rings. The van der Waals surface area contributed by atoms with Crippen LogP contribution in [0.3, 0.4) is 0 Å². The van der Waals surface area contributed by atoms with Crippen molar-refractivity contribution in [1.29, 1.82) is 5.26 Å². The lowest BCUT2D eigenvalue weighted by molar-refractivity contribution is -0.142. The van der Waals surface area contributed by atoms with Crippen molar-refractivity contribution in [3.05, 3.63) is 34.6 Å². The van der Waals surface area contributed by atoms with E-state index in [1.54, 1.807) is 6.92 Å². The molecule has 0 saturated carbocycles. The lowest BCUT2D eigenvalue weighted by atomic mass is 10.0. The molecule has 0 atom stereocenters. The van der Waals surface area contributed by atoms with Crippen molar-refractivity contribution in [2.45, 2.75) is 19.2 Å². The van der Waals surface area contributed by atoms with E-state index in [4.69, 9.17) is 21.6 Å². The zero-order chi connectivity index (χ0) is 12.8. The first-order chi connectivity index (χ1) is 8.13. The first-order valence-electron chi connectivity index (χ1n) is 5.06. The standard InChI is InChI=1S/C12H11ClFNO2/c1-2-17-11(16)5-10-9(7-15)4-3-8(6-13)12(10)14/h3-4H,2,5-6H2,1H3. The molecule has 0 amide bonds. The summed E-state index contributed by atoms with van der Waals surface area (Å²) < 4.78 is 18.6. The zero-order valence-corrected chi connectivity index (χ0v) is 10.1. The highest BCUT2D eigenvalue weighted by atomic mass is 35.5. The third kappa shape index (κ3) is 3.18. The molecule has 5 heteroatoms. The Morgan fingerprint density at radius 2 is 2.29 bits per heavy atom.